The fraction of sp³-hybridized carbons (Fsp3) is 0.429. The van der Waals surface area contributed by atoms with Crippen molar-refractivity contribution >= 4 is 5.97 Å². The van der Waals surface area contributed by atoms with E-state index in [0.29, 0.717) is 13.0 Å². The van der Waals surface area contributed by atoms with Crippen molar-refractivity contribution in [1.29, 1.82) is 5.26 Å². The molecule has 0 spiro atoms. The molecule has 0 bridgehead atoms. The van der Waals surface area contributed by atoms with Gasteiger partial charge in [0.1, 0.15) is 5.92 Å². The summed E-state index contributed by atoms with van der Waals surface area (Å²) >= 11 is 0. The SMILES string of the molecule is CCCCOC(=O)C(C#N)Cc1ccccc1. The topological polar surface area (TPSA) is 50.1 Å². The first-order valence-corrected chi connectivity index (χ1v) is 5.88. The molecule has 1 aromatic rings. The molecule has 0 radical (unpaired) electrons. The van der Waals surface area contributed by atoms with E-state index >= 15 is 0 Å². The van der Waals surface area contributed by atoms with Gasteiger partial charge in [0.2, 0.25) is 0 Å². The molecular formula is C14H17NO2. The standard InChI is InChI=1S/C14H17NO2/c1-2-3-9-17-14(16)13(11-15)10-12-7-5-4-6-8-12/h4-8,13H,2-3,9-10H2,1H3. The van der Waals surface area contributed by atoms with Crippen molar-refractivity contribution in [2.75, 3.05) is 6.61 Å². The van der Waals surface area contributed by atoms with Crippen LogP contribution in [0.2, 0.25) is 0 Å². The van der Waals surface area contributed by atoms with Crippen LogP contribution in [0, 0.1) is 17.2 Å². The number of carbonyl (C=O) groups is 1. The highest BCUT2D eigenvalue weighted by Gasteiger charge is 2.19. The number of rotatable bonds is 6. The number of esters is 1. The van der Waals surface area contributed by atoms with Crippen LogP contribution in [0.4, 0.5) is 0 Å². The number of hydrogen-bond acceptors (Lipinski definition) is 3. The van der Waals surface area contributed by atoms with Crippen LogP contribution < -0.4 is 0 Å². The predicted octanol–water partition coefficient (Wildman–Crippen LogP) is 2.71. The summed E-state index contributed by atoms with van der Waals surface area (Å²) in [7, 11) is 0. The minimum absolute atomic E-state index is 0.405. The number of benzene rings is 1. The van der Waals surface area contributed by atoms with Gasteiger partial charge in [-0.2, -0.15) is 5.26 Å². The molecule has 0 N–H and O–H groups in total. The second-order valence-corrected chi connectivity index (χ2v) is 3.89. The summed E-state index contributed by atoms with van der Waals surface area (Å²) < 4.78 is 5.05. The van der Waals surface area contributed by atoms with E-state index in [1.165, 1.54) is 0 Å². The van der Waals surface area contributed by atoms with Gasteiger partial charge >= 0.3 is 5.97 Å². The maximum atomic E-state index is 11.6. The molecule has 0 saturated carbocycles. The molecule has 17 heavy (non-hydrogen) atoms. The molecule has 1 unspecified atom stereocenters. The Hall–Kier alpha value is -1.82. The summed E-state index contributed by atoms with van der Waals surface area (Å²) in [5, 5.41) is 8.96. The van der Waals surface area contributed by atoms with Crippen molar-refractivity contribution in [2.45, 2.75) is 26.2 Å². The highest BCUT2D eigenvalue weighted by molar-refractivity contribution is 5.75. The molecule has 1 aromatic carbocycles. The Morgan fingerprint density at radius 2 is 2.12 bits per heavy atom. The predicted molar refractivity (Wildman–Crippen MR) is 65.1 cm³/mol. The molecule has 90 valence electrons. The van der Waals surface area contributed by atoms with Gasteiger partial charge in [-0.25, -0.2) is 0 Å². The van der Waals surface area contributed by atoms with E-state index in [1.807, 2.05) is 43.3 Å². The van der Waals surface area contributed by atoms with E-state index < -0.39 is 11.9 Å². The van der Waals surface area contributed by atoms with Crippen LogP contribution in [0.15, 0.2) is 30.3 Å². The second kappa shape index (κ2) is 7.45. The lowest BCUT2D eigenvalue weighted by Gasteiger charge is -2.09. The zero-order valence-electron chi connectivity index (χ0n) is 10.1. The van der Waals surface area contributed by atoms with Crippen LogP contribution in [0.3, 0.4) is 0 Å². The number of carbonyl (C=O) groups excluding carboxylic acids is 1. The molecule has 0 aliphatic carbocycles. The second-order valence-electron chi connectivity index (χ2n) is 3.89. The molecule has 3 nitrogen and oxygen atoms in total. The Kier molecular flexibility index (Phi) is 5.81. The van der Waals surface area contributed by atoms with Crippen LogP contribution in [-0.2, 0) is 16.0 Å². The summed E-state index contributed by atoms with van der Waals surface area (Å²) in [5.41, 5.74) is 0.978. The zero-order valence-corrected chi connectivity index (χ0v) is 10.1. The number of nitriles is 1. The largest absolute Gasteiger partial charge is 0.465 e. The van der Waals surface area contributed by atoms with Crippen molar-refractivity contribution in [3.63, 3.8) is 0 Å². The lowest BCUT2D eigenvalue weighted by atomic mass is 10.0. The van der Waals surface area contributed by atoms with Crippen molar-refractivity contribution in [3.8, 4) is 6.07 Å². The molecule has 0 fully saturated rings. The highest BCUT2D eigenvalue weighted by Crippen LogP contribution is 2.10. The van der Waals surface area contributed by atoms with Crippen LogP contribution in [-0.4, -0.2) is 12.6 Å². The van der Waals surface area contributed by atoms with Crippen LogP contribution in [0.1, 0.15) is 25.3 Å². The van der Waals surface area contributed by atoms with Gasteiger partial charge in [0.15, 0.2) is 0 Å². The third-order valence-corrected chi connectivity index (χ3v) is 2.47. The van der Waals surface area contributed by atoms with Crippen molar-refractivity contribution in [1.82, 2.24) is 0 Å². The van der Waals surface area contributed by atoms with E-state index in [0.717, 1.165) is 18.4 Å². The molecule has 0 saturated heterocycles. The average molecular weight is 231 g/mol. The lowest BCUT2D eigenvalue weighted by Crippen LogP contribution is -2.19. The summed E-state index contributed by atoms with van der Waals surface area (Å²) in [5.74, 6) is -1.11. The van der Waals surface area contributed by atoms with Gasteiger partial charge < -0.3 is 4.74 Å². The maximum Gasteiger partial charge on any atom is 0.323 e. The van der Waals surface area contributed by atoms with Crippen molar-refractivity contribution in [2.24, 2.45) is 5.92 Å². The minimum atomic E-state index is -0.700. The third-order valence-electron chi connectivity index (χ3n) is 2.47. The van der Waals surface area contributed by atoms with Gasteiger partial charge in [-0.1, -0.05) is 43.7 Å². The Balaban J connectivity index is 2.49. The molecule has 1 atom stereocenters. The van der Waals surface area contributed by atoms with Crippen molar-refractivity contribution < 1.29 is 9.53 Å². The van der Waals surface area contributed by atoms with Crippen molar-refractivity contribution in [3.05, 3.63) is 35.9 Å². The lowest BCUT2D eigenvalue weighted by molar-refractivity contribution is -0.146. The summed E-state index contributed by atoms with van der Waals surface area (Å²) in [6.45, 7) is 2.43. The number of unbranched alkanes of at least 4 members (excludes halogenated alkanes) is 1. The molecule has 0 aromatic heterocycles. The van der Waals surface area contributed by atoms with E-state index in [-0.39, 0.29) is 0 Å². The quantitative estimate of drug-likeness (QED) is 0.558. The fourth-order valence-electron chi connectivity index (χ4n) is 1.45. The first kappa shape index (κ1) is 13.2. The van der Waals surface area contributed by atoms with E-state index in [4.69, 9.17) is 10.00 Å². The summed E-state index contributed by atoms with van der Waals surface area (Å²) in [4.78, 5) is 11.6. The zero-order chi connectivity index (χ0) is 12.5. The Bertz CT molecular complexity index is 381. The monoisotopic (exact) mass is 231 g/mol. The average Bonchev–Trinajstić information content (AvgIpc) is 2.37. The maximum absolute atomic E-state index is 11.6. The van der Waals surface area contributed by atoms with Gasteiger partial charge in [0, 0.05) is 0 Å². The Labute approximate surface area is 102 Å². The Morgan fingerprint density at radius 1 is 1.41 bits per heavy atom. The molecule has 0 aliphatic heterocycles. The van der Waals surface area contributed by atoms with Gasteiger partial charge in [0.05, 0.1) is 12.7 Å². The minimum Gasteiger partial charge on any atom is -0.465 e. The molecule has 0 aliphatic rings. The Morgan fingerprint density at radius 3 is 2.71 bits per heavy atom. The molecule has 1 rings (SSSR count). The summed E-state index contributed by atoms with van der Waals surface area (Å²) in [6.07, 6.45) is 2.24. The van der Waals surface area contributed by atoms with Gasteiger partial charge in [0.25, 0.3) is 0 Å². The molecule has 3 heteroatoms. The molecule has 0 heterocycles. The summed E-state index contributed by atoms with van der Waals surface area (Å²) in [6, 6.07) is 11.5. The normalized spacial score (nSPS) is 11.5. The van der Waals surface area contributed by atoms with E-state index in [2.05, 4.69) is 0 Å². The highest BCUT2D eigenvalue weighted by atomic mass is 16.5. The van der Waals surface area contributed by atoms with Gasteiger partial charge in [-0.05, 0) is 18.4 Å². The third kappa shape index (κ3) is 4.69. The van der Waals surface area contributed by atoms with Crippen LogP contribution in [0.25, 0.3) is 0 Å². The fourth-order valence-corrected chi connectivity index (χ4v) is 1.45. The first-order chi connectivity index (χ1) is 8.27. The van der Waals surface area contributed by atoms with Gasteiger partial charge in [-0.15, -0.1) is 0 Å². The van der Waals surface area contributed by atoms with Crippen LogP contribution in [0.5, 0.6) is 0 Å². The molecular weight excluding hydrogens is 214 g/mol. The molecule has 0 amide bonds. The van der Waals surface area contributed by atoms with E-state index in [1.54, 1.807) is 0 Å². The number of nitrogens with zero attached hydrogens (tertiary/aromatic N) is 1. The smallest absolute Gasteiger partial charge is 0.323 e. The number of ether oxygens (including phenoxy) is 1. The van der Waals surface area contributed by atoms with E-state index in [9.17, 15) is 4.79 Å². The first-order valence-electron chi connectivity index (χ1n) is 5.88. The van der Waals surface area contributed by atoms with Crippen LogP contribution >= 0.6 is 0 Å². The van der Waals surface area contributed by atoms with Gasteiger partial charge in [-0.3, -0.25) is 4.79 Å². The number of hydrogen-bond donors (Lipinski definition) is 0.